The van der Waals surface area contributed by atoms with E-state index in [4.69, 9.17) is 4.74 Å². The summed E-state index contributed by atoms with van der Waals surface area (Å²) >= 11 is 1.78. The molecule has 28 heavy (non-hydrogen) atoms. The van der Waals surface area contributed by atoms with Crippen molar-refractivity contribution in [1.29, 1.82) is 0 Å². The van der Waals surface area contributed by atoms with E-state index in [1.165, 1.54) is 16.0 Å². The third kappa shape index (κ3) is 6.37. The van der Waals surface area contributed by atoms with E-state index in [0.717, 1.165) is 18.7 Å². The first-order chi connectivity index (χ1) is 13.2. The van der Waals surface area contributed by atoms with Crippen LogP contribution >= 0.6 is 35.3 Å². The number of nitrogens with zero attached hydrogens (tertiary/aromatic N) is 2. The average molecular weight is 514 g/mol. The molecule has 3 rings (SSSR count). The number of amides is 1. The molecule has 1 aliphatic heterocycles. The van der Waals surface area contributed by atoms with Crippen molar-refractivity contribution in [2.45, 2.75) is 19.9 Å². The Hall–Kier alpha value is -1.81. The van der Waals surface area contributed by atoms with Crippen LogP contribution in [-0.4, -0.2) is 50.1 Å². The number of aliphatic imine (C=N–C) groups is 1. The third-order valence-electron chi connectivity index (χ3n) is 4.48. The van der Waals surface area contributed by atoms with Crippen molar-refractivity contribution in [3.8, 4) is 5.75 Å². The minimum Gasteiger partial charge on any atom is -0.492 e. The Kier molecular flexibility index (Phi) is 9.04. The summed E-state index contributed by atoms with van der Waals surface area (Å²) in [5, 5.41) is 8.35. The van der Waals surface area contributed by atoms with E-state index in [9.17, 15) is 4.79 Å². The second-order valence-electron chi connectivity index (χ2n) is 6.45. The van der Waals surface area contributed by atoms with Gasteiger partial charge < -0.3 is 20.3 Å². The van der Waals surface area contributed by atoms with Gasteiger partial charge in [-0.2, -0.15) is 0 Å². The van der Waals surface area contributed by atoms with Gasteiger partial charge in [0.05, 0.1) is 13.1 Å². The van der Waals surface area contributed by atoms with Crippen LogP contribution in [0.3, 0.4) is 0 Å². The first kappa shape index (κ1) is 22.5. The molecule has 1 aromatic carbocycles. The number of carbonyl (C=O) groups is 1. The van der Waals surface area contributed by atoms with Gasteiger partial charge in [0.15, 0.2) is 5.96 Å². The number of rotatable bonds is 6. The number of hydrogen-bond acceptors (Lipinski definition) is 4. The van der Waals surface area contributed by atoms with Gasteiger partial charge in [0.2, 0.25) is 5.91 Å². The molecule has 1 amide bonds. The molecule has 0 spiro atoms. The van der Waals surface area contributed by atoms with Gasteiger partial charge in [-0.25, -0.2) is 0 Å². The number of fused-ring (bicyclic) bond motifs is 1. The van der Waals surface area contributed by atoms with Crippen LogP contribution in [0.1, 0.15) is 16.0 Å². The van der Waals surface area contributed by atoms with E-state index in [2.05, 4.69) is 27.1 Å². The fraction of sp³-hybridized carbons (Fsp3) is 0.400. The van der Waals surface area contributed by atoms with Crippen LogP contribution in [0.4, 0.5) is 0 Å². The molecule has 1 aliphatic rings. The minimum absolute atomic E-state index is 0. The molecule has 0 bridgehead atoms. The maximum Gasteiger partial charge on any atom is 0.242 e. The zero-order chi connectivity index (χ0) is 19.1. The Morgan fingerprint density at radius 3 is 2.79 bits per heavy atom. The molecule has 0 saturated heterocycles. The predicted octanol–water partition coefficient (Wildman–Crippen LogP) is 2.80. The Morgan fingerprint density at radius 1 is 1.25 bits per heavy atom. The van der Waals surface area contributed by atoms with Gasteiger partial charge in [0, 0.05) is 25.0 Å². The van der Waals surface area contributed by atoms with E-state index >= 15 is 0 Å². The standard InChI is InChI=1S/C20H26N4O2S.HI/c1-15-3-5-17(6-4-15)26-11-9-22-20(21-2)23-13-19(25)24-10-7-18-16(14-24)8-12-27-18;/h3-6,8,12H,7,9-11,13-14H2,1-2H3,(H2,21,22,23);1H. The van der Waals surface area contributed by atoms with Crippen LogP contribution in [0.15, 0.2) is 40.7 Å². The summed E-state index contributed by atoms with van der Waals surface area (Å²) in [5.74, 6) is 1.54. The van der Waals surface area contributed by atoms with E-state index in [1.54, 1.807) is 18.4 Å². The van der Waals surface area contributed by atoms with Gasteiger partial charge in [-0.1, -0.05) is 17.7 Å². The van der Waals surface area contributed by atoms with Crippen molar-refractivity contribution in [2.24, 2.45) is 4.99 Å². The van der Waals surface area contributed by atoms with Gasteiger partial charge in [0.1, 0.15) is 12.4 Å². The Balaban J connectivity index is 0.00000280. The highest BCUT2D eigenvalue weighted by Gasteiger charge is 2.21. The molecule has 2 aromatic rings. The van der Waals surface area contributed by atoms with E-state index in [-0.39, 0.29) is 36.4 Å². The van der Waals surface area contributed by atoms with Crippen molar-refractivity contribution in [3.05, 3.63) is 51.7 Å². The van der Waals surface area contributed by atoms with Crippen LogP contribution in [0, 0.1) is 6.92 Å². The largest absolute Gasteiger partial charge is 0.492 e. The lowest BCUT2D eigenvalue weighted by atomic mass is 10.1. The zero-order valence-electron chi connectivity index (χ0n) is 16.2. The molecule has 2 heterocycles. The van der Waals surface area contributed by atoms with E-state index in [1.807, 2.05) is 36.1 Å². The lowest BCUT2D eigenvalue weighted by molar-refractivity contribution is -0.130. The second-order valence-corrected chi connectivity index (χ2v) is 7.45. The quantitative estimate of drug-likeness (QED) is 0.270. The molecule has 0 atom stereocenters. The molecule has 0 unspecified atom stereocenters. The summed E-state index contributed by atoms with van der Waals surface area (Å²) in [6, 6.07) is 10.1. The van der Waals surface area contributed by atoms with Gasteiger partial charge in [-0.05, 0) is 42.5 Å². The molecule has 0 saturated carbocycles. The van der Waals surface area contributed by atoms with Gasteiger partial charge in [0.25, 0.3) is 0 Å². The molecule has 1 aromatic heterocycles. The molecule has 0 radical (unpaired) electrons. The summed E-state index contributed by atoms with van der Waals surface area (Å²) < 4.78 is 5.68. The third-order valence-corrected chi connectivity index (χ3v) is 5.50. The van der Waals surface area contributed by atoms with Crippen LogP contribution in [0.2, 0.25) is 0 Å². The van der Waals surface area contributed by atoms with Crippen molar-refractivity contribution in [1.82, 2.24) is 15.5 Å². The molecule has 0 aliphatic carbocycles. The fourth-order valence-electron chi connectivity index (χ4n) is 2.93. The lowest BCUT2D eigenvalue weighted by Gasteiger charge is -2.27. The number of ether oxygens (including phenoxy) is 1. The number of halogens is 1. The van der Waals surface area contributed by atoms with Crippen LogP contribution < -0.4 is 15.4 Å². The van der Waals surface area contributed by atoms with Gasteiger partial charge in [-0.3, -0.25) is 9.79 Å². The topological polar surface area (TPSA) is 66.0 Å². The average Bonchev–Trinajstić information content (AvgIpc) is 3.16. The number of nitrogens with one attached hydrogen (secondary N) is 2. The summed E-state index contributed by atoms with van der Waals surface area (Å²) in [6.45, 7) is 4.89. The first-order valence-electron chi connectivity index (χ1n) is 9.12. The van der Waals surface area contributed by atoms with Crippen molar-refractivity contribution >= 4 is 47.2 Å². The molecular formula is C20H27IN4O2S. The highest BCUT2D eigenvalue weighted by Crippen LogP contribution is 2.23. The van der Waals surface area contributed by atoms with Crippen molar-refractivity contribution in [2.75, 3.05) is 33.3 Å². The number of aryl methyl sites for hydroxylation is 1. The number of guanidine groups is 1. The summed E-state index contributed by atoms with van der Waals surface area (Å²) in [4.78, 5) is 19.9. The number of benzene rings is 1. The van der Waals surface area contributed by atoms with Crippen molar-refractivity contribution < 1.29 is 9.53 Å². The smallest absolute Gasteiger partial charge is 0.242 e. The Bertz CT molecular complexity index is 792. The highest BCUT2D eigenvalue weighted by atomic mass is 127. The summed E-state index contributed by atoms with van der Waals surface area (Å²) in [6.07, 6.45) is 0.946. The lowest BCUT2D eigenvalue weighted by Crippen LogP contribution is -2.46. The van der Waals surface area contributed by atoms with E-state index in [0.29, 0.717) is 25.7 Å². The summed E-state index contributed by atoms with van der Waals surface area (Å²) in [5.41, 5.74) is 2.48. The van der Waals surface area contributed by atoms with Crippen LogP contribution in [-0.2, 0) is 17.8 Å². The maximum atomic E-state index is 12.5. The molecule has 152 valence electrons. The van der Waals surface area contributed by atoms with E-state index < -0.39 is 0 Å². The minimum atomic E-state index is 0. The number of thiophene rings is 1. The molecular weight excluding hydrogens is 487 g/mol. The monoisotopic (exact) mass is 514 g/mol. The number of carbonyl (C=O) groups excluding carboxylic acids is 1. The molecule has 0 fully saturated rings. The van der Waals surface area contributed by atoms with Gasteiger partial charge >= 0.3 is 0 Å². The Labute approximate surface area is 187 Å². The fourth-order valence-corrected chi connectivity index (χ4v) is 3.82. The zero-order valence-corrected chi connectivity index (χ0v) is 19.4. The SMILES string of the molecule is CN=C(NCCOc1ccc(C)cc1)NCC(=O)N1CCc2sccc2C1.I. The van der Waals surface area contributed by atoms with Crippen LogP contribution in [0.5, 0.6) is 5.75 Å². The predicted molar refractivity (Wildman–Crippen MR) is 125 cm³/mol. The first-order valence-corrected chi connectivity index (χ1v) is 10.0. The molecule has 8 heteroatoms. The maximum absolute atomic E-state index is 12.5. The van der Waals surface area contributed by atoms with Crippen molar-refractivity contribution in [3.63, 3.8) is 0 Å². The Morgan fingerprint density at radius 2 is 2.04 bits per heavy atom. The van der Waals surface area contributed by atoms with Gasteiger partial charge in [-0.15, -0.1) is 35.3 Å². The van der Waals surface area contributed by atoms with Crippen LogP contribution in [0.25, 0.3) is 0 Å². The second kappa shape index (κ2) is 11.3. The molecule has 2 N–H and O–H groups in total. The number of hydrogen-bond donors (Lipinski definition) is 2. The highest BCUT2D eigenvalue weighted by molar-refractivity contribution is 14.0. The molecule has 6 nitrogen and oxygen atoms in total. The summed E-state index contributed by atoms with van der Waals surface area (Å²) in [7, 11) is 1.69. The normalized spacial score (nSPS) is 13.4.